The van der Waals surface area contributed by atoms with Crippen LogP contribution in [0, 0.1) is 0 Å². The fraction of sp³-hybridized carbons (Fsp3) is 1.00. The summed E-state index contributed by atoms with van der Waals surface area (Å²) in [5, 5.41) is 36.6. The molecule has 1 aliphatic rings. The first kappa shape index (κ1) is 11.6. The molecule has 5 atom stereocenters. The summed E-state index contributed by atoms with van der Waals surface area (Å²) < 4.78 is 9.32. The molecule has 0 saturated carbocycles. The Labute approximate surface area is 88.8 Å². The zero-order valence-corrected chi connectivity index (χ0v) is 8.73. The van der Waals surface area contributed by atoms with Crippen molar-refractivity contribution in [2.75, 3.05) is 6.61 Å². The molecule has 0 radical (unpaired) electrons. The maximum Gasteiger partial charge on any atom is 0.184 e. The molecule has 1 heterocycles. The molecule has 0 aromatic carbocycles. The number of ether oxygens (including phenoxy) is 1. The number of hydrogen-bond donors (Lipinski definition) is 4. The van der Waals surface area contributed by atoms with Crippen LogP contribution in [0.2, 0.25) is 0 Å². The van der Waals surface area contributed by atoms with E-state index in [0.717, 1.165) is 0 Å². The summed E-state index contributed by atoms with van der Waals surface area (Å²) in [5.74, 6) is 0. The molecule has 1 rings (SSSR count). The van der Waals surface area contributed by atoms with Crippen molar-refractivity contribution in [3.8, 4) is 0 Å². The largest absolute Gasteiger partial charge is 0.388 e. The van der Waals surface area contributed by atoms with Gasteiger partial charge >= 0.3 is 0 Å². The molecule has 0 aromatic rings. The Morgan fingerprint density at radius 2 is 1.92 bits per heavy atom. The molecule has 0 aliphatic carbocycles. The molecule has 1 aliphatic heterocycles. The maximum atomic E-state index is 9.32. The first-order valence-corrected chi connectivity index (χ1v) is 4.57. The smallest absolute Gasteiger partial charge is 0.184 e. The third-order valence-corrected chi connectivity index (χ3v) is 2.25. The molecule has 1 fully saturated rings. The molecule has 0 aromatic heterocycles. The van der Waals surface area contributed by atoms with Gasteiger partial charge in [-0.25, -0.2) is 0 Å². The quantitative estimate of drug-likeness (QED) is 0.457. The minimum Gasteiger partial charge on any atom is -0.388 e. The summed E-state index contributed by atoms with van der Waals surface area (Å²) in [5.41, 5.74) is 0. The molecule has 0 spiro atoms. The predicted molar refractivity (Wildman–Crippen MR) is 48.9 cm³/mol. The van der Waals surface area contributed by atoms with E-state index in [-0.39, 0.29) is 6.61 Å². The Morgan fingerprint density at radius 3 is 2.31 bits per heavy atom. The lowest BCUT2D eigenvalue weighted by Gasteiger charge is -2.19. The van der Waals surface area contributed by atoms with Crippen molar-refractivity contribution in [3.63, 3.8) is 0 Å². The molecule has 2 unspecified atom stereocenters. The second-order valence-corrected chi connectivity index (χ2v) is 3.44. The van der Waals surface area contributed by atoms with E-state index in [2.05, 4.69) is 3.07 Å². The fourth-order valence-electron chi connectivity index (χ4n) is 1.16. The zero-order valence-electron chi connectivity index (χ0n) is 6.58. The molecule has 4 N–H and O–H groups in total. The minimum atomic E-state index is -1.45. The predicted octanol–water partition coefficient (Wildman–Crippen LogP) is -1.85. The highest BCUT2D eigenvalue weighted by molar-refractivity contribution is 14.1. The normalized spacial score (nSPS) is 42.2. The van der Waals surface area contributed by atoms with Gasteiger partial charge in [0.05, 0.1) is 6.61 Å². The summed E-state index contributed by atoms with van der Waals surface area (Å²) in [6, 6.07) is 0. The average Bonchev–Trinajstić information content (AvgIpc) is 2.33. The van der Waals surface area contributed by atoms with Crippen LogP contribution in [0.3, 0.4) is 0 Å². The van der Waals surface area contributed by atoms with E-state index in [1.54, 1.807) is 23.0 Å². The van der Waals surface area contributed by atoms with E-state index in [4.69, 9.17) is 14.9 Å². The Balaban J connectivity index is 2.52. The highest BCUT2D eigenvalue weighted by atomic mass is 127. The van der Waals surface area contributed by atoms with Crippen LogP contribution in [0.15, 0.2) is 0 Å². The molecular formula is C6H11IO6. The summed E-state index contributed by atoms with van der Waals surface area (Å²) in [7, 11) is 0. The van der Waals surface area contributed by atoms with Gasteiger partial charge in [-0.3, -0.25) is 0 Å². The summed E-state index contributed by atoms with van der Waals surface area (Å²) >= 11 is 1.58. The van der Waals surface area contributed by atoms with Crippen molar-refractivity contribution in [1.29, 1.82) is 0 Å². The molecule has 6 nitrogen and oxygen atoms in total. The molecule has 0 amide bonds. The fourth-order valence-corrected chi connectivity index (χ4v) is 1.53. The number of aliphatic hydroxyl groups is 4. The lowest BCUT2D eigenvalue weighted by molar-refractivity contribution is -0.148. The van der Waals surface area contributed by atoms with Crippen LogP contribution in [0.25, 0.3) is 0 Å². The van der Waals surface area contributed by atoms with E-state index in [0.29, 0.717) is 0 Å². The van der Waals surface area contributed by atoms with Crippen molar-refractivity contribution >= 4 is 23.0 Å². The first-order chi connectivity index (χ1) is 6.07. The van der Waals surface area contributed by atoms with Crippen LogP contribution < -0.4 is 0 Å². The lowest BCUT2D eigenvalue weighted by atomic mass is 10.1. The summed E-state index contributed by atoms with van der Waals surface area (Å²) in [6.07, 6.45) is -6.22. The average molecular weight is 306 g/mol. The number of rotatable bonds is 3. The van der Waals surface area contributed by atoms with Gasteiger partial charge < -0.3 is 28.2 Å². The maximum absolute atomic E-state index is 9.32. The summed E-state index contributed by atoms with van der Waals surface area (Å²) in [4.78, 5) is 0. The van der Waals surface area contributed by atoms with Crippen LogP contribution in [-0.2, 0) is 7.80 Å². The van der Waals surface area contributed by atoms with E-state index in [1.807, 2.05) is 0 Å². The van der Waals surface area contributed by atoms with Crippen molar-refractivity contribution in [3.05, 3.63) is 0 Å². The third kappa shape index (κ3) is 2.49. The van der Waals surface area contributed by atoms with Gasteiger partial charge in [-0.1, -0.05) is 0 Å². The van der Waals surface area contributed by atoms with Gasteiger partial charge in [-0.05, 0) is 0 Å². The molecule has 78 valence electrons. The molecule has 7 heteroatoms. The topological polar surface area (TPSA) is 99.4 Å². The van der Waals surface area contributed by atoms with Gasteiger partial charge in [0, 0.05) is 0 Å². The lowest BCUT2D eigenvalue weighted by Crippen LogP contribution is -2.40. The van der Waals surface area contributed by atoms with Crippen molar-refractivity contribution < 1.29 is 28.2 Å². The second kappa shape index (κ2) is 4.82. The SMILES string of the molecule is OC1C(O)[C@@H]([C@@H](O)COI)O[C@H]1O. The molecule has 13 heavy (non-hydrogen) atoms. The van der Waals surface area contributed by atoms with Gasteiger partial charge in [-0.15, -0.1) is 0 Å². The van der Waals surface area contributed by atoms with Crippen LogP contribution in [0.5, 0.6) is 0 Å². The van der Waals surface area contributed by atoms with E-state index in [9.17, 15) is 10.2 Å². The molecule has 0 bridgehead atoms. The summed E-state index contributed by atoms with van der Waals surface area (Å²) in [6.45, 7) is -0.0400. The molecular weight excluding hydrogens is 295 g/mol. The Bertz CT molecular complexity index is 167. The second-order valence-electron chi connectivity index (χ2n) is 2.82. The Kier molecular flexibility index (Phi) is 4.29. The Hall–Kier alpha value is 0.490. The van der Waals surface area contributed by atoms with Gasteiger partial charge in [0.1, 0.15) is 47.4 Å². The zero-order chi connectivity index (χ0) is 10.0. The standard InChI is InChI=1S/C6H11IO6/c7-12-1-2(8)5-3(9)4(10)6(11)13-5/h2-6,8-11H,1H2/t2-,3?,4?,5+,6+/m0/s1. The van der Waals surface area contributed by atoms with Crippen LogP contribution in [0.4, 0.5) is 0 Å². The van der Waals surface area contributed by atoms with E-state index >= 15 is 0 Å². The van der Waals surface area contributed by atoms with Crippen molar-refractivity contribution in [2.24, 2.45) is 0 Å². The van der Waals surface area contributed by atoms with Gasteiger partial charge in [0.2, 0.25) is 0 Å². The van der Waals surface area contributed by atoms with Gasteiger partial charge in [0.15, 0.2) is 6.29 Å². The van der Waals surface area contributed by atoms with Gasteiger partial charge in [-0.2, -0.15) is 0 Å². The van der Waals surface area contributed by atoms with Gasteiger partial charge in [0.25, 0.3) is 0 Å². The van der Waals surface area contributed by atoms with Crippen LogP contribution in [-0.4, -0.2) is 57.7 Å². The third-order valence-electron chi connectivity index (χ3n) is 1.89. The monoisotopic (exact) mass is 306 g/mol. The van der Waals surface area contributed by atoms with Crippen LogP contribution >= 0.6 is 23.0 Å². The highest BCUT2D eigenvalue weighted by Crippen LogP contribution is 2.22. The number of hydrogen-bond acceptors (Lipinski definition) is 6. The molecule has 1 saturated heterocycles. The van der Waals surface area contributed by atoms with E-state index < -0.39 is 30.7 Å². The van der Waals surface area contributed by atoms with Crippen molar-refractivity contribution in [1.82, 2.24) is 0 Å². The van der Waals surface area contributed by atoms with Crippen LogP contribution in [0.1, 0.15) is 0 Å². The highest BCUT2D eigenvalue weighted by Gasteiger charge is 2.45. The van der Waals surface area contributed by atoms with E-state index in [1.165, 1.54) is 0 Å². The number of aliphatic hydroxyl groups excluding tert-OH is 4. The first-order valence-electron chi connectivity index (χ1n) is 3.69. The minimum absolute atomic E-state index is 0.0400. The number of halogens is 1. The van der Waals surface area contributed by atoms with Crippen molar-refractivity contribution in [2.45, 2.75) is 30.7 Å². The Morgan fingerprint density at radius 1 is 1.31 bits per heavy atom.